The van der Waals surface area contributed by atoms with Crippen molar-refractivity contribution in [3.05, 3.63) is 125 Å². The third-order valence-electron chi connectivity index (χ3n) is 6.91. The van der Waals surface area contributed by atoms with Gasteiger partial charge in [-0.15, -0.1) is 0 Å². The highest BCUT2D eigenvalue weighted by molar-refractivity contribution is 9.10. The largest absolute Gasteiger partial charge is 0.492 e. The predicted octanol–water partition coefficient (Wildman–Crippen LogP) is 5.82. The molecule has 4 rings (SSSR count). The van der Waals surface area contributed by atoms with E-state index in [1.54, 1.807) is 49.4 Å². The fourth-order valence-corrected chi connectivity index (χ4v) is 6.74. The summed E-state index contributed by atoms with van der Waals surface area (Å²) in [6.07, 6.45) is 0.243. The van der Waals surface area contributed by atoms with Crippen molar-refractivity contribution < 1.29 is 22.7 Å². The number of para-hydroxylation sites is 2. The number of anilines is 1. The molecule has 1 N–H and O–H groups in total. The van der Waals surface area contributed by atoms with Gasteiger partial charge in [-0.25, -0.2) is 8.42 Å². The maximum Gasteiger partial charge on any atom is 0.264 e. The Labute approximate surface area is 267 Å². The quantitative estimate of drug-likeness (QED) is 0.182. The van der Waals surface area contributed by atoms with Gasteiger partial charge >= 0.3 is 0 Å². The van der Waals surface area contributed by atoms with E-state index in [2.05, 4.69) is 21.2 Å². The van der Waals surface area contributed by atoms with E-state index in [-0.39, 0.29) is 29.5 Å². The summed E-state index contributed by atoms with van der Waals surface area (Å²) in [5.74, 6) is -0.541. The minimum Gasteiger partial charge on any atom is -0.492 e. The minimum absolute atomic E-state index is 0.0298. The minimum atomic E-state index is -4.22. The van der Waals surface area contributed by atoms with Crippen LogP contribution in [-0.4, -0.2) is 50.9 Å². The van der Waals surface area contributed by atoms with Crippen LogP contribution in [0, 0.1) is 0 Å². The zero-order valence-electron chi connectivity index (χ0n) is 24.7. The number of rotatable bonds is 14. The fourth-order valence-electron chi connectivity index (χ4n) is 4.85. The van der Waals surface area contributed by atoms with Crippen LogP contribution in [0.3, 0.4) is 0 Å². The standard InChI is InChI=1S/C34H36BrN3O5S/c1-3-36-34(40)31(23-26-14-7-5-8-15-26)37(24-27-16-13-17-28(35)22-27)33(39)25-38(30-20-11-12-21-32(30)43-4-2)44(41,42)29-18-9-6-10-19-29/h5-22,31H,3-4,23-25H2,1-2H3,(H,36,40)/t31-/m0/s1. The van der Waals surface area contributed by atoms with Crippen LogP contribution in [0.15, 0.2) is 119 Å². The lowest BCUT2D eigenvalue weighted by molar-refractivity contribution is -0.140. The van der Waals surface area contributed by atoms with Crippen LogP contribution < -0.4 is 14.4 Å². The Bertz CT molecular complexity index is 1650. The lowest BCUT2D eigenvalue weighted by atomic mass is 10.0. The summed E-state index contributed by atoms with van der Waals surface area (Å²) in [4.78, 5) is 29.6. The van der Waals surface area contributed by atoms with Gasteiger partial charge in [-0.05, 0) is 61.4 Å². The molecule has 0 spiro atoms. The number of sulfonamides is 1. The van der Waals surface area contributed by atoms with Gasteiger partial charge in [0.25, 0.3) is 10.0 Å². The van der Waals surface area contributed by atoms with Gasteiger partial charge in [0.1, 0.15) is 18.3 Å². The van der Waals surface area contributed by atoms with E-state index in [4.69, 9.17) is 4.74 Å². The van der Waals surface area contributed by atoms with Crippen LogP contribution in [0.5, 0.6) is 5.75 Å². The molecule has 1 atom stereocenters. The summed E-state index contributed by atoms with van der Waals surface area (Å²) >= 11 is 3.50. The summed E-state index contributed by atoms with van der Waals surface area (Å²) in [6, 6.07) is 30.7. The molecule has 2 amide bonds. The molecule has 8 nitrogen and oxygen atoms in total. The molecular weight excluding hydrogens is 642 g/mol. The average Bonchev–Trinajstić information content (AvgIpc) is 3.03. The Morgan fingerprint density at radius 2 is 1.48 bits per heavy atom. The van der Waals surface area contributed by atoms with Crippen LogP contribution in [0.2, 0.25) is 0 Å². The molecule has 0 bridgehead atoms. The molecular formula is C34H36BrN3O5S. The highest BCUT2D eigenvalue weighted by atomic mass is 79.9. The van der Waals surface area contributed by atoms with Crippen molar-refractivity contribution in [1.29, 1.82) is 0 Å². The highest BCUT2D eigenvalue weighted by Gasteiger charge is 2.35. The number of likely N-dealkylation sites (N-methyl/N-ethyl adjacent to an activating group) is 1. The Kier molecular flexibility index (Phi) is 11.6. The lowest BCUT2D eigenvalue weighted by Crippen LogP contribution is -2.53. The predicted molar refractivity (Wildman–Crippen MR) is 176 cm³/mol. The van der Waals surface area contributed by atoms with Crippen LogP contribution in [0.4, 0.5) is 5.69 Å². The summed E-state index contributed by atoms with van der Waals surface area (Å²) in [5.41, 5.74) is 1.88. The van der Waals surface area contributed by atoms with Gasteiger partial charge in [0.05, 0.1) is 17.2 Å². The van der Waals surface area contributed by atoms with Gasteiger partial charge in [-0.1, -0.05) is 88.7 Å². The van der Waals surface area contributed by atoms with E-state index >= 15 is 0 Å². The highest BCUT2D eigenvalue weighted by Crippen LogP contribution is 2.33. The average molecular weight is 679 g/mol. The molecule has 0 saturated heterocycles. The summed E-state index contributed by atoms with van der Waals surface area (Å²) < 4.78 is 36.0. The smallest absolute Gasteiger partial charge is 0.264 e. The molecule has 0 aliphatic heterocycles. The van der Waals surface area contributed by atoms with Gasteiger partial charge in [0.2, 0.25) is 11.8 Å². The van der Waals surface area contributed by atoms with Crippen molar-refractivity contribution in [3.63, 3.8) is 0 Å². The number of hydrogen-bond donors (Lipinski definition) is 1. The monoisotopic (exact) mass is 677 g/mol. The van der Waals surface area contributed by atoms with E-state index in [9.17, 15) is 18.0 Å². The maximum atomic E-state index is 14.5. The number of nitrogens with zero attached hydrogens (tertiary/aromatic N) is 2. The second-order valence-corrected chi connectivity index (χ2v) is 12.8. The van der Waals surface area contributed by atoms with Gasteiger partial charge in [-0.2, -0.15) is 0 Å². The number of hydrogen-bond acceptors (Lipinski definition) is 5. The molecule has 0 radical (unpaired) electrons. The van der Waals surface area contributed by atoms with Crippen molar-refractivity contribution in [3.8, 4) is 5.75 Å². The molecule has 230 valence electrons. The molecule has 0 aliphatic carbocycles. The fraction of sp³-hybridized carbons (Fsp3) is 0.235. The van der Waals surface area contributed by atoms with Crippen LogP contribution in [-0.2, 0) is 32.6 Å². The van der Waals surface area contributed by atoms with E-state index in [0.717, 1.165) is 19.9 Å². The van der Waals surface area contributed by atoms with Gasteiger partial charge in [-0.3, -0.25) is 13.9 Å². The van der Waals surface area contributed by atoms with E-state index in [1.165, 1.54) is 17.0 Å². The number of halogens is 1. The number of amides is 2. The van der Waals surface area contributed by atoms with Gasteiger partial charge in [0, 0.05) is 24.0 Å². The van der Waals surface area contributed by atoms with Gasteiger partial charge < -0.3 is 15.0 Å². The van der Waals surface area contributed by atoms with Crippen molar-refractivity contribution >= 4 is 43.5 Å². The first-order chi connectivity index (χ1) is 21.2. The van der Waals surface area contributed by atoms with Crippen LogP contribution in [0.25, 0.3) is 0 Å². The Morgan fingerprint density at radius 3 is 2.14 bits per heavy atom. The Balaban J connectivity index is 1.82. The van der Waals surface area contributed by atoms with Crippen molar-refractivity contribution in [2.45, 2.75) is 37.8 Å². The summed E-state index contributed by atoms with van der Waals surface area (Å²) in [7, 11) is -4.22. The number of nitrogens with one attached hydrogen (secondary N) is 1. The summed E-state index contributed by atoms with van der Waals surface area (Å²) in [6.45, 7) is 3.82. The molecule has 4 aromatic carbocycles. The summed E-state index contributed by atoms with van der Waals surface area (Å²) in [5, 5.41) is 2.87. The van der Waals surface area contributed by atoms with E-state index < -0.39 is 28.5 Å². The third-order valence-corrected chi connectivity index (χ3v) is 9.18. The molecule has 0 fully saturated rings. The zero-order chi connectivity index (χ0) is 31.5. The first-order valence-electron chi connectivity index (χ1n) is 14.4. The second kappa shape index (κ2) is 15.5. The maximum absolute atomic E-state index is 14.5. The molecule has 44 heavy (non-hydrogen) atoms. The molecule has 0 aliphatic rings. The number of benzene rings is 4. The first kappa shape index (κ1) is 32.8. The van der Waals surface area contributed by atoms with Gasteiger partial charge in [0.15, 0.2) is 0 Å². The SMILES string of the molecule is CCNC(=O)[C@H](Cc1ccccc1)N(Cc1cccc(Br)c1)C(=O)CN(c1ccccc1OCC)S(=O)(=O)c1ccccc1. The Hall–Kier alpha value is -4.15. The molecule has 0 saturated carbocycles. The molecule has 0 unspecified atom stereocenters. The molecule has 0 heterocycles. The number of ether oxygens (including phenoxy) is 1. The molecule has 0 aromatic heterocycles. The second-order valence-electron chi connectivity index (χ2n) is 9.98. The normalized spacial score (nSPS) is 11.8. The van der Waals surface area contributed by atoms with Crippen molar-refractivity contribution in [2.75, 3.05) is 24.0 Å². The van der Waals surface area contributed by atoms with Crippen molar-refractivity contribution in [2.24, 2.45) is 0 Å². The molecule has 4 aromatic rings. The number of carbonyl (C=O) groups excluding carboxylic acids is 2. The topological polar surface area (TPSA) is 96.0 Å². The lowest BCUT2D eigenvalue weighted by Gasteiger charge is -2.34. The van der Waals surface area contributed by atoms with E-state index in [0.29, 0.717) is 18.9 Å². The van der Waals surface area contributed by atoms with Crippen molar-refractivity contribution in [1.82, 2.24) is 10.2 Å². The number of carbonyl (C=O) groups is 2. The first-order valence-corrected chi connectivity index (χ1v) is 16.6. The molecule has 10 heteroatoms. The van der Waals surface area contributed by atoms with E-state index in [1.807, 2.05) is 61.5 Å². The van der Waals surface area contributed by atoms with Crippen LogP contribution in [0.1, 0.15) is 25.0 Å². The zero-order valence-corrected chi connectivity index (χ0v) is 27.1. The third kappa shape index (κ3) is 8.27. The van der Waals surface area contributed by atoms with Crippen LogP contribution >= 0.6 is 15.9 Å². The Morgan fingerprint density at radius 1 is 0.841 bits per heavy atom.